The van der Waals surface area contributed by atoms with Gasteiger partial charge < -0.3 is 15.8 Å². The van der Waals surface area contributed by atoms with Crippen molar-refractivity contribution in [2.45, 2.75) is 18.0 Å². The molecular formula is C18H19FN4O5. The lowest BCUT2D eigenvalue weighted by molar-refractivity contribution is -0.143. The number of primary amides is 1. The molecule has 0 aliphatic carbocycles. The molecule has 148 valence electrons. The van der Waals surface area contributed by atoms with Gasteiger partial charge in [-0.3, -0.25) is 29.4 Å². The quantitative estimate of drug-likeness (QED) is 0.557. The van der Waals surface area contributed by atoms with Gasteiger partial charge in [0.05, 0.1) is 25.0 Å². The average Bonchev–Trinajstić information content (AvgIpc) is 3.19. The molecule has 2 saturated heterocycles. The number of carbonyl (C=O) groups excluding carboxylic acids is 4. The van der Waals surface area contributed by atoms with Gasteiger partial charge in [0.2, 0.25) is 23.6 Å². The lowest BCUT2D eigenvalue weighted by Gasteiger charge is -2.29. The number of carbonyl (C=O) groups is 4. The number of nitrogens with one attached hydrogen (secondary N) is 2. The predicted octanol–water partition coefficient (Wildman–Crippen LogP) is -0.932. The van der Waals surface area contributed by atoms with Gasteiger partial charge in [0.25, 0.3) is 0 Å². The molecule has 0 aromatic heterocycles. The topological polar surface area (TPSA) is 131 Å². The van der Waals surface area contributed by atoms with Crippen molar-refractivity contribution in [3.8, 4) is 0 Å². The van der Waals surface area contributed by atoms with E-state index in [9.17, 15) is 23.6 Å². The van der Waals surface area contributed by atoms with Crippen molar-refractivity contribution in [3.05, 3.63) is 29.6 Å². The molecule has 28 heavy (non-hydrogen) atoms. The molecule has 1 spiro atoms. The number of imide groups is 1. The summed E-state index contributed by atoms with van der Waals surface area (Å²) in [6.45, 7) is 0.160. The predicted molar refractivity (Wildman–Crippen MR) is 93.0 cm³/mol. The number of hydrogen-bond acceptors (Lipinski definition) is 6. The van der Waals surface area contributed by atoms with Crippen LogP contribution in [0.5, 0.6) is 0 Å². The summed E-state index contributed by atoms with van der Waals surface area (Å²) in [7, 11) is 1.44. The van der Waals surface area contributed by atoms with Crippen molar-refractivity contribution in [1.29, 1.82) is 0 Å². The first-order valence-electron chi connectivity index (χ1n) is 8.83. The monoisotopic (exact) mass is 390 g/mol. The number of hydrogen-bond donors (Lipinski definition) is 3. The first-order chi connectivity index (χ1) is 13.3. The summed E-state index contributed by atoms with van der Waals surface area (Å²) in [5, 5.41) is 5.64. The highest BCUT2D eigenvalue weighted by Crippen LogP contribution is 2.53. The van der Waals surface area contributed by atoms with Gasteiger partial charge in [-0.05, 0) is 18.2 Å². The zero-order valence-corrected chi connectivity index (χ0v) is 15.0. The van der Waals surface area contributed by atoms with Crippen LogP contribution in [0.4, 0.5) is 10.1 Å². The minimum absolute atomic E-state index is 0.0260. The molecule has 0 radical (unpaired) electrons. The van der Waals surface area contributed by atoms with Gasteiger partial charge >= 0.3 is 0 Å². The molecule has 3 heterocycles. The Kier molecular flexibility index (Phi) is 4.20. The first kappa shape index (κ1) is 18.5. The molecule has 0 bridgehead atoms. The Morgan fingerprint density at radius 2 is 2.07 bits per heavy atom. The number of anilines is 1. The number of methoxy groups -OCH3 is 1. The fraction of sp³-hybridized carbons (Fsp3) is 0.444. The molecule has 2 fully saturated rings. The Hall–Kier alpha value is -2.85. The minimum Gasteiger partial charge on any atom is -0.383 e. The Labute approximate surface area is 159 Å². The highest BCUT2D eigenvalue weighted by molar-refractivity contribution is 6.15. The summed E-state index contributed by atoms with van der Waals surface area (Å²) in [6, 6.07) is 2.93. The normalized spacial score (nSPS) is 30.7. The van der Waals surface area contributed by atoms with E-state index in [0.717, 1.165) is 4.90 Å². The van der Waals surface area contributed by atoms with E-state index in [1.165, 1.54) is 25.3 Å². The molecule has 4 atom stereocenters. The van der Waals surface area contributed by atoms with Gasteiger partial charge in [-0.2, -0.15) is 0 Å². The fourth-order valence-corrected chi connectivity index (χ4v) is 4.63. The van der Waals surface area contributed by atoms with E-state index >= 15 is 0 Å². The van der Waals surface area contributed by atoms with E-state index < -0.39 is 52.9 Å². The van der Waals surface area contributed by atoms with E-state index in [1.807, 2.05) is 0 Å². The standard InChI is InChI=1S/C18H19FN4O5/c1-28-5-4-23-15(25)13-11(7-12(20)24)22-18(14(13)16(23)26)9-6-8(19)2-3-10(9)21-17(18)27/h2-3,6,11,13-14,22H,4-5,7H2,1H3,(H2,20,24)(H,21,27)/t11-,13+,14-,18+/m0/s1. The highest BCUT2D eigenvalue weighted by atomic mass is 19.1. The van der Waals surface area contributed by atoms with E-state index in [1.54, 1.807) is 0 Å². The fourth-order valence-electron chi connectivity index (χ4n) is 4.63. The van der Waals surface area contributed by atoms with Gasteiger partial charge in [0.1, 0.15) is 11.4 Å². The second kappa shape index (κ2) is 6.35. The number of likely N-dealkylation sites (tertiary alicyclic amines) is 1. The van der Waals surface area contributed by atoms with Gasteiger partial charge in [-0.25, -0.2) is 4.39 Å². The Balaban J connectivity index is 1.85. The van der Waals surface area contributed by atoms with Gasteiger partial charge in [-0.1, -0.05) is 0 Å². The number of benzene rings is 1. The maximum atomic E-state index is 14.0. The molecule has 4 rings (SSSR count). The number of rotatable bonds is 5. The third-order valence-corrected chi connectivity index (χ3v) is 5.71. The third-order valence-electron chi connectivity index (χ3n) is 5.71. The maximum absolute atomic E-state index is 14.0. The summed E-state index contributed by atoms with van der Waals surface area (Å²) in [4.78, 5) is 51.7. The summed E-state index contributed by atoms with van der Waals surface area (Å²) < 4.78 is 18.9. The molecule has 9 nitrogen and oxygen atoms in total. The van der Waals surface area contributed by atoms with Crippen molar-refractivity contribution in [1.82, 2.24) is 10.2 Å². The van der Waals surface area contributed by atoms with Crippen LogP contribution in [-0.4, -0.2) is 54.8 Å². The number of ether oxygens (including phenoxy) is 1. The molecule has 1 aromatic rings. The number of amides is 4. The van der Waals surface area contributed by atoms with E-state index in [0.29, 0.717) is 5.69 Å². The lowest BCUT2D eigenvalue weighted by Crippen LogP contribution is -2.53. The summed E-state index contributed by atoms with van der Waals surface area (Å²) in [5.74, 6) is -4.95. The van der Waals surface area contributed by atoms with Crippen molar-refractivity contribution in [3.63, 3.8) is 0 Å². The molecule has 10 heteroatoms. The van der Waals surface area contributed by atoms with Gasteiger partial charge in [-0.15, -0.1) is 0 Å². The Morgan fingerprint density at radius 1 is 1.32 bits per heavy atom. The lowest BCUT2D eigenvalue weighted by atomic mass is 9.76. The van der Waals surface area contributed by atoms with Crippen LogP contribution < -0.4 is 16.4 Å². The largest absolute Gasteiger partial charge is 0.383 e. The van der Waals surface area contributed by atoms with Crippen molar-refractivity contribution >= 4 is 29.3 Å². The zero-order valence-electron chi connectivity index (χ0n) is 15.0. The van der Waals surface area contributed by atoms with Crippen LogP contribution in [0.1, 0.15) is 12.0 Å². The van der Waals surface area contributed by atoms with Gasteiger partial charge in [0.15, 0.2) is 0 Å². The van der Waals surface area contributed by atoms with Crippen LogP contribution in [-0.2, 0) is 29.5 Å². The second-order valence-corrected chi connectivity index (χ2v) is 7.20. The Bertz CT molecular complexity index is 906. The number of nitrogens with zero attached hydrogens (tertiary/aromatic N) is 1. The Morgan fingerprint density at radius 3 is 2.75 bits per heavy atom. The third kappa shape index (κ3) is 2.38. The van der Waals surface area contributed by atoms with E-state index in [4.69, 9.17) is 10.5 Å². The summed E-state index contributed by atoms with van der Waals surface area (Å²) >= 11 is 0. The van der Waals surface area contributed by atoms with Crippen LogP contribution in [0.25, 0.3) is 0 Å². The molecule has 3 aliphatic rings. The molecule has 1 aromatic carbocycles. The van der Waals surface area contributed by atoms with Crippen LogP contribution in [0, 0.1) is 17.7 Å². The van der Waals surface area contributed by atoms with Crippen molar-refractivity contribution in [2.75, 3.05) is 25.6 Å². The van der Waals surface area contributed by atoms with Gasteiger partial charge in [0, 0.05) is 30.8 Å². The average molecular weight is 390 g/mol. The minimum atomic E-state index is -1.64. The number of halogens is 1. The van der Waals surface area contributed by atoms with Crippen LogP contribution >= 0.6 is 0 Å². The second-order valence-electron chi connectivity index (χ2n) is 7.20. The molecular weight excluding hydrogens is 371 g/mol. The number of fused-ring (bicyclic) bond motifs is 4. The van der Waals surface area contributed by atoms with Crippen LogP contribution in [0.15, 0.2) is 18.2 Å². The molecule has 4 N–H and O–H groups in total. The van der Waals surface area contributed by atoms with E-state index in [2.05, 4.69) is 10.6 Å². The molecule has 3 aliphatic heterocycles. The smallest absolute Gasteiger partial charge is 0.250 e. The molecule has 0 saturated carbocycles. The van der Waals surface area contributed by atoms with Crippen molar-refractivity contribution in [2.24, 2.45) is 17.6 Å². The van der Waals surface area contributed by atoms with Crippen LogP contribution in [0.3, 0.4) is 0 Å². The first-order valence-corrected chi connectivity index (χ1v) is 8.83. The maximum Gasteiger partial charge on any atom is 0.250 e. The summed E-state index contributed by atoms with van der Waals surface area (Å²) in [6.07, 6.45) is -0.238. The molecule has 0 unspecified atom stereocenters. The summed E-state index contributed by atoms with van der Waals surface area (Å²) in [5.41, 5.74) is 4.28. The van der Waals surface area contributed by atoms with Crippen molar-refractivity contribution < 1.29 is 28.3 Å². The zero-order chi connectivity index (χ0) is 20.2. The number of nitrogens with two attached hydrogens (primary N) is 1. The SMILES string of the molecule is COCCN1C(=O)[C@@H]2[C@H](CC(N)=O)N[C@@]3(C(=O)Nc4ccc(F)cc43)[C@@H]2C1=O. The molecule has 4 amide bonds. The van der Waals surface area contributed by atoms with E-state index in [-0.39, 0.29) is 25.1 Å². The highest BCUT2D eigenvalue weighted by Gasteiger charge is 2.70. The van der Waals surface area contributed by atoms with Crippen LogP contribution in [0.2, 0.25) is 0 Å².